The molecular formula is C53H76F3N7O9S. The third kappa shape index (κ3) is 16.3. The van der Waals surface area contributed by atoms with Crippen molar-refractivity contribution in [3.63, 3.8) is 0 Å². The van der Waals surface area contributed by atoms with Gasteiger partial charge in [0.2, 0.25) is 23.6 Å². The van der Waals surface area contributed by atoms with E-state index in [1.807, 2.05) is 89.1 Å². The zero-order valence-electron chi connectivity index (χ0n) is 44.3. The number of alkyl halides is 3. The van der Waals surface area contributed by atoms with Gasteiger partial charge in [0.25, 0.3) is 0 Å². The molecule has 20 heteroatoms. The summed E-state index contributed by atoms with van der Waals surface area (Å²) >= 11 is 1.48. The number of carbonyl (C=O) groups is 6. The van der Waals surface area contributed by atoms with Crippen LogP contribution < -0.4 is 15.5 Å². The third-order valence-corrected chi connectivity index (χ3v) is 14.9. The van der Waals surface area contributed by atoms with E-state index < -0.39 is 54.5 Å². The lowest BCUT2D eigenvalue weighted by Crippen LogP contribution is -2.60. The van der Waals surface area contributed by atoms with Crippen LogP contribution in [0.4, 0.5) is 23.7 Å². The number of ether oxygens (including phenoxy) is 3. The smallest absolute Gasteiger partial charge is 0.379 e. The summed E-state index contributed by atoms with van der Waals surface area (Å²) in [4.78, 5) is 91.3. The highest BCUT2D eigenvalue weighted by Crippen LogP contribution is 2.31. The van der Waals surface area contributed by atoms with Crippen LogP contribution in [0.25, 0.3) is 0 Å². The average molecular weight is 1040 g/mol. The summed E-state index contributed by atoms with van der Waals surface area (Å²) < 4.78 is 53.9. The van der Waals surface area contributed by atoms with E-state index in [2.05, 4.69) is 20.4 Å². The van der Waals surface area contributed by atoms with E-state index in [9.17, 15) is 41.9 Å². The Morgan fingerprint density at radius 3 is 2.07 bits per heavy atom. The summed E-state index contributed by atoms with van der Waals surface area (Å²) in [6.45, 7) is 14.3. The molecule has 3 aromatic rings. The van der Waals surface area contributed by atoms with Crippen molar-refractivity contribution in [1.82, 2.24) is 30.3 Å². The Labute approximate surface area is 432 Å². The van der Waals surface area contributed by atoms with E-state index >= 15 is 0 Å². The number of likely N-dealkylation sites (N-methyl/N-ethyl adjacent to an activating group) is 2. The predicted molar refractivity (Wildman–Crippen MR) is 273 cm³/mol. The summed E-state index contributed by atoms with van der Waals surface area (Å²) in [5, 5.41) is 8.95. The summed E-state index contributed by atoms with van der Waals surface area (Å²) in [5.74, 6) is -4.88. The molecule has 16 nitrogen and oxygen atoms in total. The maximum atomic E-state index is 14.7. The van der Waals surface area contributed by atoms with Crippen LogP contribution in [0.5, 0.6) is 0 Å². The number of hydrogen-bond acceptors (Lipinski definition) is 12. The topological polar surface area (TPSA) is 180 Å². The molecule has 2 aromatic carbocycles. The second kappa shape index (κ2) is 27.7. The Morgan fingerprint density at radius 2 is 1.52 bits per heavy atom. The molecule has 1 aliphatic heterocycles. The molecule has 0 spiro atoms. The number of carbonyl (C=O) groups excluding carboxylic acids is 6. The van der Waals surface area contributed by atoms with Crippen molar-refractivity contribution in [3.05, 3.63) is 82.3 Å². The van der Waals surface area contributed by atoms with Crippen molar-refractivity contribution in [3.8, 4) is 0 Å². The van der Waals surface area contributed by atoms with Gasteiger partial charge in [0.1, 0.15) is 11.0 Å². The summed E-state index contributed by atoms with van der Waals surface area (Å²) in [6.07, 6.45) is -3.38. The van der Waals surface area contributed by atoms with E-state index in [1.165, 1.54) is 37.6 Å². The molecule has 1 unspecified atom stereocenters. The number of thiazole rings is 1. The van der Waals surface area contributed by atoms with Gasteiger partial charge < -0.3 is 34.6 Å². The van der Waals surface area contributed by atoms with Gasteiger partial charge in [-0.3, -0.25) is 29.0 Å². The van der Waals surface area contributed by atoms with Crippen LogP contribution in [0.1, 0.15) is 96.3 Å². The van der Waals surface area contributed by atoms with Gasteiger partial charge in [0.15, 0.2) is 0 Å². The number of likely N-dealkylation sites (tertiary alicyclic amines) is 1. The van der Waals surface area contributed by atoms with Gasteiger partial charge in [-0.25, -0.2) is 14.6 Å². The van der Waals surface area contributed by atoms with Crippen LogP contribution in [0.2, 0.25) is 0 Å². The number of nitrogens with one attached hydrogen (secondary N) is 2. The van der Waals surface area contributed by atoms with Gasteiger partial charge in [-0.15, -0.1) is 11.3 Å². The van der Waals surface area contributed by atoms with Crippen LogP contribution in [0.15, 0.2) is 66.2 Å². The van der Waals surface area contributed by atoms with Crippen molar-refractivity contribution in [2.75, 3.05) is 53.4 Å². The highest BCUT2D eigenvalue weighted by molar-refractivity contribution is 7.09. The molecule has 0 bridgehead atoms. The molecule has 1 saturated heterocycles. The molecule has 1 aromatic heterocycles. The third-order valence-electron chi connectivity index (χ3n) is 14.0. The zero-order chi connectivity index (χ0) is 54.3. The lowest BCUT2D eigenvalue weighted by Gasteiger charge is -2.41. The largest absolute Gasteiger partial charge is 0.491 e. The standard InChI is InChI=1S/C53H76F3N7O9S/c1-13-34(6)45(41(70-11)31-42(64)63-27-17-20-40(63)46(71-12)35(7)47(65)58-39(49-57-26-29-73-49)30-37-18-15-14-16-19-37)62(10)50(67)43(32(2)3)59-48(66)44(33(4)5)60(8)28-25-36-21-23-38(24-22-36)61(9)52(69)72-51(68)53(54,55)56/h14-16,18-19,21-24,26,29,32-35,39-41,43-46H,13,17,20,25,27-28,30-31H2,1-12H3,(H,58,65)(H,59,66)/t34-,35+,39-,40-,41+,43-,44-,45-,46?/m0/s1. The van der Waals surface area contributed by atoms with Gasteiger partial charge in [0.05, 0.1) is 48.7 Å². The number of nitrogens with zero attached hydrogens (tertiary/aromatic N) is 5. The number of amides is 5. The molecule has 2 N–H and O–H groups in total. The van der Waals surface area contributed by atoms with Crippen LogP contribution in [-0.2, 0) is 51.0 Å². The lowest BCUT2D eigenvalue weighted by molar-refractivity contribution is -0.192. The van der Waals surface area contributed by atoms with E-state index in [4.69, 9.17) is 9.47 Å². The number of hydrogen-bond donors (Lipinski definition) is 2. The van der Waals surface area contributed by atoms with Crippen LogP contribution in [-0.4, -0.2) is 146 Å². The normalized spacial score (nSPS) is 17.3. The zero-order valence-corrected chi connectivity index (χ0v) is 45.1. The Balaban J connectivity index is 1.43. The Bertz CT molecular complexity index is 2250. The fourth-order valence-corrected chi connectivity index (χ4v) is 10.4. The number of rotatable bonds is 25. The van der Waals surface area contributed by atoms with Crippen molar-refractivity contribution in [2.45, 2.75) is 136 Å². The molecule has 1 fully saturated rings. The van der Waals surface area contributed by atoms with E-state index in [0.717, 1.165) is 27.5 Å². The maximum absolute atomic E-state index is 14.7. The first-order valence-corrected chi connectivity index (χ1v) is 25.8. The lowest BCUT2D eigenvalue weighted by atomic mass is 9.89. The molecule has 0 saturated carbocycles. The first kappa shape index (κ1) is 60.1. The highest BCUT2D eigenvalue weighted by Gasteiger charge is 2.45. The van der Waals surface area contributed by atoms with Gasteiger partial charge in [0, 0.05) is 58.7 Å². The second-order valence-corrected chi connectivity index (χ2v) is 20.7. The molecule has 404 valence electrons. The molecule has 0 aliphatic carbocycles. The first-order chi connectivity index (χ1) is 34.4. The van der Waals surface area contributed by atoms with Crippen molar-refractivity contribution in [1.29, 1.82) is 0 Å². The fraction of sp³-hybridized carbons (Fsp3) is 0.604. The number of methoxy groups -OCH3 is 2. The molecule has 2 heterocycles. The van der Waals surface area contributed by atoms with Crippen LogP contribution in [0, 0.1) is 23.7 Å². The summed E-state index contributed by atoms with van der Waals surface area (Å²) in [6, 6.07) is 13.4. The van der Waals surface area contributed by atoms with Crippen LogP contribution >= 0.6 is 11.3 Å². The van der Waals surface area contributed by atoms with Gasteiger partial charge in [-0.2, -0.15) is 13.2 Å². The van der Waals surface area contributed by atoms with E-state index in [1.54, 1.807) is 49.3 Å². The number of anilines is 1. The van der Waals surface area contributed by atoms with Gasteiger partial charge >= 0.3 is 18.2 Å². The fourth-order valence-electron chi connectivity index (χ4n) is 9.69. The van der Waals surface area contributed by atoms with Crippen molar-refractivity contribution >= 4 is 52.7 Å². The van der Waals surface area contributed by atoms with Crippen LogP contribution in [0.3, 0.4) is 0 Å². The van der Waals surface area contributed by atoms with Gasteiger partial charge in [-0.05, 0) is 73.7 Å². The molecule has 9 atom stereocenters. The maximum Gasteiger partial charge on any atom is 0.491 e. The quantitative estimate of drug-likeness (QED) is 0.0636. The monoisotopic (exact) mass is 1040 g/mol. The average Bonchev–Trinajstić information content (AvgIpc) is 4.08. The first-order valence-electron chi connectivity index (χ1n) is 25.0. The minimum Gasteiger partial charge on any atom is -0.379 e. The molecule has 0 radical (unpaired) electrons. The number of aromatic nitrogens is 1. The molecule has 5 amide bonds. The molecular weight excluding hydrogens is 968 g/mol. The Hall–Kier alpha value is -5.44. The number of esters is 1. The predicted octanol–water partition coefficient (Wildman–Crippen LogP) is 7.47. The molecule has 73 heavy (non-hydrogen) atoms. The second-order valence-electron chi connectivity index (χ2n) is 19.7. The summed E-state index contributed by atoms with van der Waals surface area (Å²) in [7, 11) is 7.77. The van der Waals surface area contributed by atoms with Gasteiger partial charge in [-0.1, -0.05) is 97.4 Å². The van der Waals surface area contributed by atoms with Crippen molar-refractivity contribution in [2.24, 2.45) is 23.7 Å². The highest BCUT2D eigenvalue weighted by atomic mass is 32.1. The SMILES string of the molecule is CC[C@H](C)[C@@H]([C@@H](CC(=O)N1CCC[C@H]1C(OC)[C@@H](C)C(=O)N[C@@H](Cc1ccccc1)c1nccs1)OC)N(C)C(=O)[C@@H](NC(=O)[C@H](C(C)C)N(C)CCc1ccc(N(C)C(=O)OC(=O)C(F)(F)F)cc1)C(C)C. The Morgan fingerprint density at radius 1 is 0.863 bits per heavy atom. The number of benzene rings is 2. The Kier molecular flexibility index (Phi) is 22.8. The summed E-state index contributed by atoms with van der Waals surface area (Å²) in [5.41, 5.74) is 2.06. The van der Waals surface area contributed by atoms with Crippen molar-refractivity contribution < 1.29 is 56.1 Å². The van der Waals surface area contributed by atoms with E-state index in [-0.39, 0.29) is 65.6 Å². The minimum absolute atomic E-state index is 0.0340. The van der Waals surface area contributed by atoms with E-state index in [0.29, 0.717) is 38.8 Å². The number of halogens is 3. The molecule has 4 rings (SSSR count). The molecule has 1 aliphatic rings. The minimum atomic E-state index is -5.32.